The highest BCUT2D eigenvalue weighted by atomic mass is 16.1. The first-order valence-electron chi connectivity index (χ1n) is 11.1. The van der Waals surface area contributed by atoms with Crippen LogP contribution in [0.4, 0.5) is 5.82 Å². The standard InChI is InChI=1S/C25H30N6O/c1-4-20(24(26)32)19-7-5-6-17(12-19)14-28-23-13-22(18-8-10-27-11-9-18)30-25-21(16(2)3)15-29-31(23)25/h4-8,12-13,15-16,27-28H,9-11,14H2,1-3H3,(H2,26,32). The zero-order valence-electron chi connectivity index (χ0n) is 18.9. The molecule has 0 fully saturated rings. The smallest absolute Gasteiger partial charge is 0.248 e. The fourth-order valence-electron chi connectivity index (χ4n) is 4.03. The van der Waals surface area contributed by atoms with Crippen molar-refractivity contribution in [3.8, 4) is 0 Å². The van der Waals surface area contributed by atoms with Crippen LogP contribution >= 0.6 is 0 Å². The minimum atomic E-state index is -0.425. The molecule has 7 nitrogen and oxygen atoms in total. The number of nitrogens with one attached hydrogen (secondary N) is 2. The second-order valence-corrected chi connectivity index (χ2v) is 8.32. The molecular weight excluding hydrogens is 400 g/mol. The quantitative estimate of drug-likeness (QED) is 0.496. The molecule has 166 valence electrons. The first-order valence-corrected chi connectivity index (χ1v) is 11.1. The zero-order valence-corrected chi connectivity index (χ0v) is 18.9. The monoisotopic (exact) mass is 430 g/mol. The second kappa shape index (κ2) is 9.36. The summed E-state index contributed by atoms with van der Waals surface area (Å²) >= 11 is 0. The Bertz CT molecular complexity index is 1200. The first-order chi connectivity index (χ1) is 15.5. The summed E-state index contributed by atoms with van der Waals surface area (Å²) in [7, 11) is 0. The average Bonchev–Trinajstić information content (AvgIpc) is 3.23. The molecule has 0 saturated heterocycles. The van der Waals surface area contributed by atoms with Crippen molar-refractivity contribution < 1.29 is 4.79 Å². The number of rotatable bonds is 7. The lowest BCUT2D eigenvalue weighted by Gasteiger charge is -2.16. The summed E-state index contributed by atoms with van der Waals surface area (Å²) in [5, 5.41) is 11.5. The SMILES string of the molecule is CC=C(C(N)=O)c1cccc(CNc2cc(C3=CCNCC3)nc3c(C(C)C)cnn23)c1. The Morgan fingerprint density at radius 1 is 1.34 bits per heavy atom. The van der Waals surface area contributed by atoms with Gasteiger partial charge in [0.1, 0.15) is 5.82 Å². The molecule has 7 heteroatoms. The maximum Gasteiger partial charge on any atom is 0.248 e. The summed E-state index contributed by atoms with van der Waals surface area (Å²) in [4.78, 5) is 16.7. The molecule has 1 aliphatic rings. The van der Waals surface area contributed by atoms with Gasteiger partial charge in [0.05, 0.1) is 11.9 Å². The predicted octanol–water partition coefficient (Wildman–Crippen LogP) is 3.73. The lowest BCUT2D eigenvalue weighted by molar-refractivity contribution is -0.112. The van der Waals surface area contributed by atoms with Gasteiger partial charge in [0.25, 0.3) is 0 Å². The summed E-state index contributed by atoms with van der Waals surface area (Å²) in [6.07, 6.45) is 6.82. The lowest BCUT2D eigenvalue weighted by Crippen LogP contribution is -2.20. The first kappa shape index (κ1) is 21.8. The van der Waals surface area contributed by atoms with Crippen LogP contribution < -0.4 is 16.4 Å². The Balaban J connectivity index is 1.68. The Hall–Kier alpha value is -3.45. The molecule has 0 unspecified atom stereocenters. The number of carbonyl (C=O) groups is 1. The van der Waals surface area contributed by atoms with Crippen LogP contribution in [0.1, 0.15) is 55.5 Å². The third-order valence-corrected chi connectivity index (χ3v) is 5.78. The number of nitrogens with two attached hydrogens (primary N) is 1. The summed E-state index contributed by atoms with van der Waals surface area (Å²) in [5.41, 5.74) is 12.2. The molecule has 0 aliphatic carbocycles. The van der Waals surface area contributed by atoms with Crippen LogP contribution in [0, 0.1) is 0 Å². The number of primary amides is 1. The predicted molar refractivity (Wildman–Crippen MR) is 129 cm³/mol. The van der Waals surface area contributed by atoms with E-state index >= 15 is 0 Å². The number of allylic oxidation sites excluding steroid dienone is 1. The van der Waals surface area contributed by atoms with Crippen molar-refractivity contribution in [3.63, 3.8) is 0 Å². The molecule has 0 spiro atoms. The van der Waals surface area contributed by atoms with Crippen LogP contribution in [0.25, 0.3) is 16.8 Å². The number of benzene rings is 1. The second-order valence-electron chi connectivity index (χ2n) is 8.32. The number of fused-ring (bicyclic) bond motifs is 1. The van der Waals surface area contributed by atoms with E-state index < -0.39 is 5.91 Å². The van der Waals surface area contributed by atoms with Crippen LogP contribution in [-0.2, 0) is 11.3 Å². The maximum absolute atomic E-state index is 11.7. The highest BCUT2D eigenvalue weighted by Gasteiger charge is 2.16. The molecule has 4 rings (SSSR count). The highest BCUT2D eigenvalue weighted by molar-refractivity contribution is 6.18. The molecule has 32 heavy (non-hydrogen) atoms. The van der Waals surface area contributed by atoms with Gasteiger partial charge in [-0.3, -0.25) is 4.79 Å². The van der Waals surface area contributed by atoms with Crippen LogP contribution in [0.3, 0.4) is 0 Å². The van der Waals surface area contributed by atoms with Gasteiger partial charge in [0.2, 0.25) is 5.91 Å². The Morgan fingerprint density at radius 3 is 2.88 bits per heavy atom. The minimum Gasteiger partial charge on any atom is -0.366 e. The van der Waals surface area contributed by atoms with Crippen LogP contribution in [0.5, 0.6) is 0 Å². The van der Waals surface area contributed by atoms with Crippen molar-refractivity contribution in [3.05, 3.63) is 71.1 Å². The summed E-state index contributed by atoms with van der Waals surface area (Å²) < 4.78 is 1.88. The number of carbonyl (C=O) groups excluding carboxylic acids is 1. The van der Waals surface area contributed by atoms with E-state index in [1.165, 1.54) is 5.57 Å². The van der Waals surface area contributed by atoms with Gasteiger partial charge >= 0.3 is 0 Å². The Morgan fingerprint density at radius 2 is 2.19 bits per heavy atom. The van der Waals surface area contributed by atoms with E-state index in [1.54, 1.807) is 6.08 Å². The van der Waals surface area contributed by atoms with E-state index in [0.717, 1.165) is 53.4 Å². The van der Waals surface area contributed by atoms with Crippen LogP contribution in [-0.4, -0.2) is 33.6 Å². The van der Waals surface area contributed by atoms with Crippen molar-refractivity contribution in [2.24, 2.45) is 5.73 Å². The molecule has 2 aromatic heterocycles. The van der Waals surface area contributed by atoms with Gasteiger partial charge in [-0.2, -0.15) is 9.61 Å². The zero-order chi connectivity index (χ0) is 22.7. The van der Waals surface area contributed by atoms with Gasteiger partial charge in [-0.15, -0.1) is 0 Å². The lowest BCUT2D eigenvalue weighted by atomic mass is 10.0. The van der Waals surface area contributed by atoms with E-state index in [0.29, 0.717) is 18.0 Å². The van der Waals surface area contributed by atoms with Gasteiger partial charge in [-0.05, 0) is 48.6 Å². The highest BCUT2D eigenvalue weighted by Crippen LogP contribution is 2.27. The fourth-order valence-corrected chi connectivity index (χ4v) is 4.03. The number of hydrogen-bond acceptors (Lipinski definition) is 5. The molecule has 3 aromatic rings. The van der Waals surface area contributed by atoms with Crippen molar-refractivity contribution in [1.29, 1.82) is 0 Å². The molecule has 0 saturated carbocycles. The van der Waals surface area contributed by atoms with Gasteiger partial charge in [-0.1, -0.05) is 44.2 Å². The molecule has 1 aromatic carbocycles. The Labute approximate surface area is 188 Å². The van der Waals surface area contributed by atoms with E-state index in [-0.39, 0.29) is 0 Å². The van der Waals surface area contributed by atoms with Gasteiger partial charge in [0.15, 0.2) is 5.65 Å². The van der Waals surface area contributed by atoms with Gasteiger partial charge in [0, 0.05) is 30.3 Å². The number of hydrogen-bond donors (Lipinski definition) is 3. The van der Waals surface area contributed by atoms with Crippen LogP contribution in [0.15, 0.2) is 48.7 Å². The molecule has 0 bridgehead atoms. The number of aromatic nitrogens is 3. The normalized spacial score (nSPS) is 14.6. The molecule has 1 aliphatic heterocycles. The fraction of sp³-hybridized carbons (Fsp3) is 0.320. The van der Waals surface area contributed by atoms with Gasteiger partial charge in [-0.25, -0.2) is 4.98 Å². The van der Waals surface area contributed by atoms with Crippen molar-refractivity contribution in [1.82, 2.24) is 19.9 Å². The number of nitrogens with zero attached hydrogens (tertiary/aromatic N) is 3. The number of amides is 1. The van der Waals surface area contributed by atoms with Gasteiger partial charge < -0.3 is 16.4 Å². The summed E-state index contributed by atoms with van der Waals surface area (Å²) in [6.45, 7) is 8.54. The van der Waals surface area contributed by atoms with E-state index in [4.69, 9.17) is 10.7 Å². The van der Waals surface area contributed by atoms with Crippen molar-refractivity contribution in [2.75, 3.05) is 18.4 Å². The third kappa shape index (κ3) is 4.43. The van der Waals surface area contributed by atoms with E-state index in [2.05, 4.69) is 41.7 Å². The summed E-state index contributed by atoms with van der Waals surface area (Å²) in [6, 6.07) is 9.94. The van der Waals surface area contributed by atoms with E-state index in [9.17, 15) is 4.79 Å². The molecule has 3 heterocycles. The van der Waals surface area contributed by atoms with E-state index in [1.807, 2.05) is 41.9 Å². The maximum atomic E-state index is 11.7. The molecular formula is C25H30N6O. The molecule has 0 atom stereocenters. The average molecular weight is 431 g/mol. The van der Waals surface area contributed by atoms with Crippen LogP contribution in [0.2, 0.25) is 0 Å². The van der Waals surface area contributed by atoms with Crippen molar-refractivity contribution >= 4 is 28.5 Å². The molecule has 1 amide bonds. The molecule has 0 radical (unpaired) electrons. The molecule has 4 N–H and O–H groups in total. The number of anilines is 1. The summed E-state index contributed by atoms with van der Waals surface area (Å²) in [5.74, 6) is 0.795. The topological polar surface area (TPSA) is 97.3 Å². The van der Waals surface area contributed by atoms with Crippen molar-refractivity contribution in [2.45, 2.75) is 39.7 Å². The largest absolute Gasteiger partial charge is 0.366 e. The third-order valence-electron chi connectivity index (χ3n) is 5.78. The minimum absolute atomic E-state index is 0.329. The Kier molecular flexibility index (Phi) is 6.37.